The van der Waals surface area contributed by atoms with Gasteiger partial charge in [-0.05, 0) is 43.6 Å². The molecule has 1 aromatic rings. The quantitative estimate of drug-likeness (QED) is 0.684. The van der Waals surface area contributed by atoms with E-state index in [1.165, 1.54) is 6.92 Å². The number of amides is 2. The summed E-state index contributed by atoms with van der Waals surface area (Å²) in [6.45, 7) is 4.71. The molecule has 0 unspecified atom stereocenters. The Morgan fingerprint density at radius 2 is 1.84 bits per heavy atom. The van der Waals surface area contributed by atoms with Gasteiger partial charge in [-0.1, -0.05) is 12.1 Å². The van der Waals surface area contributed by atoms with Crippen molar-refractivity contribution in [1.82, 2.24) is 10.6 Å². The second-order valence-electron chi connectivity index (χ2n) is 6.51. The van der Waals surface area contributed by atoms with Gasteiger partial charge in [0.1, 0.15) is 0 Å². The summed E-state index contributed by atoms with van der Waals surface area (Å²) in [4.78, 5) is 23.2. The lowest BCUT2D eigenvalue weighted by molar-refractivity contribution is -0.121. The number of halogens is 1. The number of carbonyl (C=O) groups excluding carboxylic acids is 2. The van der Waals surface area contributed by atoms with E-state index in [0.717, 1.165) is 37.2 Å². The van der Waals surface area contributed by atoms with E-state index in [-0.39, 0.29) is 29.6 Å². The summed E-state index contributed by atoms with van der Waals surface area (Å²) in [5.74, 6) is -0.0952. The van der Waals surface area contributed by atoms with Gasteiger partial charge in [-0.15, -0.1) is 12.4 Å². The maximum absolute atomic E-state index is 12.2. The first kappa shape index (κ1) is 21.4. The molecule has 0 radical (unpaired) electrons. The molecular formula is C18H28ClN3O3. The first-order valence-corrected chi connectivity index (χ1v) is 8.36. The Kier molecular flexibility index (Phi) is 8.89. The highest BCUT2D eigenvalue weighted by atomic mass is 35.5. The van der Waals surface area contributed by atoms with Crippen LogP contribution in [0.3, 0.4) is 0 Å². The fourth-order valence-corrected chi connectivity index (χ4v) is 3.08. The third kappa shape index (κ3) is 7.02. The van der Waals surface area contributed by atoms with Crippen LogP contribution in [-0.4, -0.2) is 45.2 Å². The van der Waals surface area contributed by atoms with Crippen molar-refractivity contribution in [3.8, 4) is 0 Å². The molecule has 0 atom stereocenters. The van der Waals surface area contributed by atoms with Crippen LogP contribution in [0.15, 0.2) is 24.3 Å². The first-order chi connectivity index (χ1) is 11.5. The molecule has 1 saturated heterocycles. The number of nitrogens with one attached hydrogen (secondary N) is 3. The maximum atomic E-state index is 12.2. The Balaban J connectivity index is 0.00000312. The van der Waals surface area contributed by atoms with E-state index in [9.17, 15) is 9.59 Å². The van der Waals surface area contributed by atoms with Crippen LogP contribution in [0.2, 0.25) is 0 Å². The molecule has 7 heteroatoms. The zero-order valence-corrected chi connectivity index (χ0v) is 15.7. The van der Waals surface area contributed by atoms with Crippen molar-refractivity contribution >= 4 is 29.9 Å². The van der Waals surface area contributed by atoms with Crippen molar-refractivity contribution < 1.29 is 14.3 Å². The molecular weight excluding hydrogens is 342 g/mol. The fraction of sp³-hybridized carbons (Fsp3) is 0.556. The number of rotatable bonds is 7. The summed E-state index contributed by atoms with van der Waals surface area (Å²) in [5.41, 5.74) is 1.69. The van der Waals surface area contributed by atoms with Crippen LogP contribution in [0.25, 0.3) is 0 Å². The molecule has 1 aliphatic heterocycles. The van der Waals surface area contributed by atoms with Crippen molar-refractivity contribution in [2.24, 2.45) is 5.41 Å². The van der Waals surface area contributed by atoms with E-state index in [4.69, 9.17) is 4.74 Å². The van der Waals surface area contributed by atoms with Crippen LogP contribution in [0, 0.1) is 5.41 Å². The Bertz CT molecular complexity index is 552. The van der Waals surface area contributed by atoms with Crippen molar-refractivity contribution in [2.45, 2.75) is 26.2 Å². The SMILES string of the molecule is COCC1(CNC(=O)Cc2ccc(NC(C)=O)cc2)CCNCC1.Cl. The molecule has 3 N–H and O–H groups in total. The third-order valence-electron chi connectivity index (χ3n) is 4.41. The summed E-state index contributed by atoms with van der Waals surface area (Å²) in [6.07, 6.45) is 2.35. The van der Waals surface area contributed by atoms with Gasteiger partial charge in [0.05, 0.1) is 13.0 Å². The fourth-order valence-electron chi connectivity index (χ4n) is 3.08. The van der Waals surface area contributed by atoms with Crippen molar-refractivity contribution in [1.29, 1.82) is 0 Å². The number of methoxy groups -OCH3 is 1. The topological polar surface area (TPSA) is 79.5 Å². The van der Waals surface area contributed by atoms with Gasteiger partial charge in [0.2, 0.25) is 11.8 Å². The minimum absolute atomic E-state index is 0. The van der Waals surface area contributed by atoms with Crippen LogP contribution < -0.4 is 16.0 Å². The van der Waals surface area contributed by atoms with Crippen LogP contribution in [0.1, 0.15) is 25.3 Å². The smallest absolute Gasteiger partial charge is 0.224 e. The monoisotopic (exact) mass is 369 g/mol. The highest BCUT2D eigenvalue weighted by molar-refractivity contribution is 5.88. The molecule has 140 valence electrons. The maximum Gasteiger partial charge on any atom is 0.224 e. The Morgan fingerprint density at radius 3 is 2.40 bits per heavy atom. The summed E-state index contributed by atoms with van der Waals surface area (Å²) < 4.78 is 5.37. The molecule has 0 aliphatic carbocycles. The molecule has 25 heavy (non-hydrogen) atoms. The predicted octanol–water partition coefficient (Wildman–Crippen LogP) is 1.74. The van der Waals surface area contributed by atoms with Gasteiger partial charge in [-0.2, -0.15) is 0 Å². The Hall–Kier alpha value is -1.63. The van der Waals surface area contributed by atoms with Gasteiger partial charge in [-0.3, -0.25) is 9.59 Å². The molecule has 0 saturated carbocycles. The number of piperidine rings is 1. The lowest BCUT2D eigenvalue weighted by Gasteiger charge is -2.37. The van der Waals surface area contributed by atoms with E-state index in [0.29, 0.717) is 19.6 Å². The second-order valence-corrected chi connectivity index (χ2v) is 6.51. The summed E-state index contributed by atoms with van der Waals surface area (Å²) in [7, 11) is 1.71. The average Bonchev–Trinajstić information content (AvgIpc) is 2.56. The van der Waals surface area contributed by atoms with Gasteiger partial charge in [0.25, 0.3) is 0 Å². The van der Waals surface area contributed by atoms with Crippen molar-refractivity contribution in [2.75, 3.05) is 38.7 Å². The summed E-state index contributed by atoms with van der Waals surface area (Å²) in [5, 5.41) is 9.12. The van der Waals surface area contributed by atoms with Crippen LogP contribution in [-0.2, 0) is 20.7 Å². The molecule has 0 bridgehead atoms. The third-order valence-corrected chi connectivity index (χ3v) is 4.41. The molecule has 6 nitrogen and oxygen atoms in total. The van der Waals surface area contributed by atoms with Crippen LogP contribution in [0.4, 0.5) is 5.69 Å². The van der Waals surface area contributed by atoms with E-state index >= 15 is 0 Å². The van der Waals surface area contributed by atoms with Gasteiger partial charge in [0, 0.05) is 31.7 Å². The summed E-state index contributed by atoms with van der Waals surface area (Å²) in [6, 6.07) is 7.34. The standard InChI is InChI=1S/C18H27N3O3.ClH/c1-14(22)21-16-5-3-15(4-6-16)11-17(23)20-12-18(13-24-2)7-9-19-10-8-18;/h3-6,19H,7-13H2,1-2H3,(H,20,23)(H,21,22);1H. The molecule has 0 aromatic heterocycles. The second kappa shape index (κ2) is 10.4. The average molecular weight is 370 g/mol. The molecule has 2 amide bonds. The van der Waals surface area contributed by atoms with Crippen LogP contribution in [0.5, 0.6) is 0 Å². The predicted molar refractivity (Wildman–Crippen MR) is 101 cm³/mol. The number of carbonyl (C=O) groups is 2. The number of benzene rings is 1. The number of hydrogen-bond donors (Lipinski definition) is 3. The van der Waals surface area contributed by atoms with Gasteiger partial charge in [-0.25, -0.2) is 0 Å². The minimum atomic E-state index is -0.106. The number of ether oxygens (including phenoxy) is 1. The Morgan fingerprint density at radius 1 is 1.20 bits per heavy atom. The lowest BCUT2D eigenvalue weighted by Crippen LogP contribution is -2.47. The summed E-state index contributed by atoms with van der Waals surface area (Å²) >= 11 is 0. The van der Waals surface area contributed by atoms with E-state index in [2.05, 4.69) is 16.0 Å². The lowest BCUT2D eigenvalue weighted by atomic mass is 9.79. The number of anilines is 1. The highest BCUT2D eigenvalue weighted by Gasteiger charge is 2.32. The van der Waals surface area contributed by atoms with Crippen molar-refractivity contribution in [3.63, 3.8) is 0 Å². The molecule has 1 heterocycles. The molecule has 0 spiro atoms. The Labute approximate surface area is 155 Å². The van der Waals surface area contributed by atoms with Gasteiger partial charge < -0.3 is 20.7 Å². The van der Waals surface area contributed by atoms with E-state index in [1.807, 2.05) is 24.3 Å². The minimum Gasteiger partial charge on any atom is -0.384 e. The first-order valence-electron chi connectivity index (χ1n) is 8.36. The van der Waals surface area contributed by atoms with Gasteiger partial charge in [0.15, 0.2) is 0 Å². The van der Waals surface area contributed by atoms with Crippen LogP contribution >= 0.6 is 12.4 Å². The molecule has 1 aromatic carbocycles. The largest absolute Gasteiger partial charge is 0.384 e. The van der Waals surface area contributed by atoms with Crippen molar-refractivity contribution in [3.05, 3.63) is 29.8 Å². The zero-order valence-electron chi connectivity index (χ0n) is 14.9. The molecule has 1 aliphatic rings. The molecule has 2 rings (SSSR count). The molecule has 1 fully saturated rings. The highest BCUT2D eigenvalue weighted by Crippen LogP contribution is 2.28. The number of hydrogen-bond acceptors (Lipinski definition) is 4. The van der Waals surface area contributed by atoms with Gasteiger partial charge >= 0.3 is 0 Å². The zero-order chi connectivity index (χ0) is 17.4. The normalized spacial score (nSPS) is 15.8. The van der Waals surface area contributed by atoms with E-state index in [1.54, 1.807) is 7.11 Å². The van der Waals surface area contributed by atoms with E-state index < -0.39 is 0 Å².